The van der Waals surface area contributed by atoms with Gasteiger partial charge in [-0.25, -0.2) is 0 Å². The molecule has 1 rings (SSSR count). The van der Waals surface area contributed by atoms with Crippen LogP contribution in [-0.4, -0.2) is 16.7 Å². The Morgan fingerprint density at radius 2 is 2.08 bits per heavy atom. The van der Waals surface area contributed by atoms with Crippen molar-refractivity contribution >= 4 is 0 Å². The van der Waals surface area contributed by atoms with Crippen LogP contribution in [0.3, 0.4) is 0 Å². The SMILES string of the molecule is CCc1c(C(C)(C)CN)n[nH]c1C. The highest BCUT2D eigenvalue weighted by atomic mass is 15.1. The number of aromatic amines is 1. The maximum Gasteiger partial charge on any atom is 0.0725 e. The van der Waals surface area contributed by atoms with Crippen LogP contribution in [0.5, 0.6) is 0 Å². The molecule has 0 fully saturated rings. The Morgan fingerprint density at radius 1 is 1.46 bits per heavy atom. The van der Waals surface area contributed by atoms with Gasteiger partial charge in [-0.3, -0.25) is 5.10 Å². The number of aromatic nitrogens is 2. The molecule has 0 spiro atoms. The van der Waals surface area contributed by atoms with Crippen molar-refractivity contribution in [3.8, 4) is 0 Å². The third kappa shape index (κ3) is 1.75. The number of rotatable bonds is 3. The molecule has 0 atom stereocenters. The summed E-state index contributed by atoms with van der Waals surface area (Å²) in [6, 6.07) is 0. The maximum atomic E-state index is 5.72. The minimum absolute atomic E-state index is 0.0178. The number of H-pyrrole nitrogens is 1. The second kappa shape index (κ2) is 3.50. The van der Waals surface area contributed by atoms with Gasteiger partial charge in [0.05, 0.1) is 5.69 Å². The van der Waals surface area contributed by atoms with E-state index in [9.17, 15) is 0 Å². The molecule has 0 aliphatic rings. The number of hydrogen-bond donors (Lipinski definition) is 2. The van der Waals surface area contributed by atoms with Crippen molar-refractivity contribution < 1.29 is 0 Å². The Morgan fingerprint density at radius 3 is 2.54 bits per heavy atom. The third-order valence-electron chi connectivity index (χ3n) is 2.58. The molecule has 1 aromatic rings. The lowest BCUT2D eigenvalue weighted by Gasteiger charge is -2.21. The molecular formula is C10H19N3. The lowest BCUT2D eigenvalue weighted by molar-refractivity contribution is 0.515. The van der Waals surface area contributed by atoms with E-state index in [0.717, 1.165) is 12.1 Å². The van der Waals surface area contributed by atoms with Crippen LogP contribution >= 0.6 is 0 Å². The van der Waals surface area contributed by atoms with E-state index in [2.05, 4.69) is 37.9 Å². The van der Waals surface area contributed by atoms with Crippen molar-refractivity contribution in [2.24, 2.45) is 5.73 Å². The van der Waals surface area contributed by atoms with Crippen molar-refractivity contribution in [3.63, 3.8) is 0 Å². The van der Waals surface area contributed by atoms with Gasteiger partial charge in [0.1, 0.15) is 0 Å². The number of nitrogens with one attached hydrogen (secondary N) is 1. The fourth-order valence-corrected chi connectivity index (χ4v) is 1.54. The maximum absolute atomic E-state index is 5.72. The first-order chi connectivity index (χ1) is 6.03. The first-order valence-electron chi connectivity index (χ1n) is 4.77. The van der Waals surface area contributed by atoms with Crippen LogP contribution < -0.4 is 5.73 Å². The second-order valence-corrected chi connectivity index (χ2v) is 4.12. The van der Waals surface area contributed by atoms with Crippen LogP contribution in [-0.2, 0) is 11.8 Å². The first kappa shape index (κ1) is 10.3. The molecule has 0 bridgehead atoms. The fourth-order valence-electron chi connectivity index (χ4n) is 1.54. The van der Waals surface area contributed by atoms with Crippen molar-refractivity contribution in [1.29, 1.82) is 0 Å². The normalized spacial score (nSPS) is 12.1. The predicted molar refractivity (Wildman–Crippen MR) is 54.8 cm³/mol. The van der Waals surface area contributed by atoms with E-state index in [1.807, 2.05) is 0 Å². The van der Waals surface area contributed by atoms with Crippen LogP contribution in [0.2, 0.25) is 0 Å². The van der Waals surface area contributed by atoms with Crippen molar-refractivity contribution in [2.45, 2.75) is 39.5 Å². The van der Waals surface area contributed by atoms with Crippen molar-refractivity contribution in [3.05, 3.63) is 17.0 Å². The molecular weight excluding hydrogens is 162 g/mol. The molecule has 0 aliphatic heterocycles. The van der Waals surface area contributed by atoms with Gasteiger partial charge in [-0.1, -0.05) is 20.8 Å². The Bertz CT molecular complexity index is 286. The van der Waals surface area contributed by atoms with Crippen molar-refractivity contribution in [2.75, 3.05) is 6.54 Å². The summed E-state index contributed by atoms with van der Waals surface area (Å²) in [6.45, 7) is 9.09. The molecule has 0 saturated carbocycles. The van der Waals surface area contributed by atoms with Gasteiger partial charge in [-0.05, 0) is 18.9 Å². The molecule has 0 radical (unpaired) electrons. The molecule has 1 aromatic heterocycles. The molecule has 0 saturated heterocycles. The second-order valence-electron chi connectivity index (χ2n) is 4.12. The van der Waals surface area contributed by atoms with E-state index in [1.165, 1.54) is 11.3 Å². The highest BCUT2D eigenvalue weighted by Crippen LogP contribution is 2.25. The average Bonchev–Trinajstić information content (AvgIpc) is 2.47. The summed E-state index contributed by atoms with van der Waals surface area (Å²) >= 11 is 0. The van der Waals surface area contributed by atoms with Crippen LogP contribution in [0.1, 0.15) is 37.7 Å². The Hall–Kier alpha value is -0.830. The number of nitrogens with zero attached hydrogens (tertiary/aromatic N) is 1. The van der Waals surface area contributed by atoms with E-state index in [1.54, 1.807) is 0 Å². The molecule has 13 heavy (non-hydrogen) atoms. The number of aryl methyl sites for hydroxylation is 1. The number of hydrogen-bond acceptors (Lipinski definition) is 2. The molecule has 0 unspecified atom stereocenters. The summed E-state index contributed by atoms with van der Waals surface area (Å²) in [5, 5.41) is 7.35. The van der Waals surface area contributed by atoms with E-state index in [0.29, 0.717) is 6.54 Å². The van der Waals surface area contributed by atoms with Gasteiger partial charge in [0.25, 0.3) is 0 Å². The topological polar surface area (TPSA) is 54.7 Å². The zero-order valence-corrected chi connectivity index (χ0v) is 8.94. The average molecular weight is 181 g/mol. The van der Waals surface area contributed by atoms with E-state index in [4.69, 9.17) is 5.73 Å². The summed E-state index contributed by atoms with van der Waals surface area (Å²) in [4.78, 5) is 0. The summed E-state index contributed by atoms with van der Waals surface area (Å²) in [7, 11) is 0. The zero-order valence-electron chi connectivity index (χ0n) is 8.94. The van der Waals surface area contributed by atoms with Gasteiger partial charge in [-0.15, -0.1) is 0 Å². The molecule has 74 valence electrons. The third-order valence-corrected chi connectivity index (χ3v) is 2.58. The van der Waals surface area contributed by atoms with Gasteiger partial charge < -0.3 is 5.73 Å². The highest BCUT2D eigenvalue weighted by molar-refractivity contribution is 5.30. The van der Waals surface area contributed by atoms with Crippen LogP contribution in [0.4, 0.5) is 0 Å². The van der Waals surface area contributed by atoms with Gasteiger partial charge in [0.2, 0.25) is 0 Å². The first-order valence-corrected chi connectivity index (χ1v) is 4.77. The van der Waals surface area contributed by atoms with Crippen LogP contribution in [0.15, 0.2) is 0 Å². The van der Waals surface area contributed by atoms with Crippen LogP contribution in [0, 0.1) is 6.92 Å². The van der Waals surface area contributed by atoms with Crippen molar-refractivity contribution in [1.82, 2.24) is 10.2 Å². The lowest BCUT2D eigenvalue weighted by atomic mass is 9.86. The Labute approximate surface area is 79.7 Å². The highest BCUT2D eigenvalue weighted by Gasteiger charge is 2.25. The Balaban J connectivity index is 3.14. The molecule has 0 amide bonds. The molecule has 3 heteroatoms. The summed E-state index contributed by atoms with van der Waals surface area (Å²) in [6.07, 6.45) is 1.01. The Kier molecular flexibility index (Phi) is 2.76. The minimum Gasteiger partial charge on any atom is -0.330 e. The molecule has 0 aliphatic carbocycles. The summed E-state index contributed by atoms with van der Waals surface area (Å²) in [5.74, 6) is 0. The zero-order chi connectivity index (χ0) is 10.1. The summed E-state index contributed by atoms with van der Waals surface area (Å²) < 4.78 is 0. The van der Waals surface area contributed by atoms with Gasteiger partial charge >= 0.3 is 0 Å². The molecule has 0 aromatic carbocycles. The molecule has 3 N–H and O–H groups in total. The van der Waals surface area contributed by atoms with E-state index in [-0.39, 0.29) is 5.41 Å². The molecule has 3 nitrogen and oxygen atoms in total. The van der Waals surface area contributed by atoms with Gasteiger partial charge in [-0.2, -0.15) is 5.10 Å². The lowest BCUT2D eigenvalue weighted by Crippen LogP contribution is -2.29. The van der Waals surface area contributed by atoms with Gasteiger partial charge in [0.15, 0.2) is 0 Å². The molecule has 1 heterocycles. The van der Waals surface area contributed by atoms with Gasteiger partial charge in [0, 0.05) is 17.7 Å². The predicted octanol–water partition coefficient (Wildman–Crippen LogP) is 1.52. The quantitative estimate of drug-likeness (QED) is 0.742. The fraction of sp³-hybridized carbons (Fsp3) is 0.700. The monoisotopic (exact) mass is 181 g/mol. The largest absolute Gasteiger partial charge is 0.330 e. The minimum atomic E-state index is -0.0178. The summed E-state index contributed by atoms with van der Waals surface area (Å²) in [5.41, 5.74) is 9.30. The van der Waals surface area contributed by atoms with Crippen LogP contribution in [0.25, 0.3) is 0 Å². The smallest absolute Gasteiger partial charge is 0.0725 e. The standard InChI is InChI=1S/C10H19N3/c1-5-8-7(2)12-13-9(8)10(3,4)6-11/h5-6,11H2,1-4H3,(H,12,13). The van der Waals surface area contributed by atoms with E-state index < -0.39 is 0 Å². The number of nitrogens with two attached hydrogens (primary N) is 1. The van der Waals surface area contributed by atoms with E-state index >= 15 is 0 Å².